The molecule has 2 N–H and O–H groups in total. The van der Waals surface area contributed by atoms with E-state index in [1.807, 2.05) is 0 Å². The van der Waals surface area contributed by atoms with Crippen LogP contribution < -0.4 is 10.2 Å². The molecule has 17 heavy (non-hydrogen) atoms. The minimum atomic E-state index is -3.74. The molecule has 0 fully saturated rings. The molecule has 1 atom stereocenters. The second-order valence-electron chi connectivity index (χ2n) is 4.43. The molecule has 0 aliphatic carbocycles. The van der Waals surface area contributed by atoms with Crippen LogP contribution in [0.1, 0.15) is 20.8 Å². The lowest BCUT2D eigenvalue weighted by Crippen LogP contribution is -2.47. The second kappa shape index (κ2) is 4.76. The van der Waals surface area contributed by atoms with Gasteiger partial charge in [0.25, 0.3) is 10.0 Å². The number of aliphatic hydroxyl groups is 1. The third-order valence-corrected chi connectivity index (χ3v) is 3.88. The van der Waals surface area contributed by atoms with E-state index < -0.39 is 21.7 Å². The van der Waals surface area contributed by atoms with Crippen molar-refractivity contribution in [3.8, 4) is 0 Å². The quantitative estimate of drug-likeness (QED) is 0.697. The maximum absolute atomic E-state index is 11.9. The van der Waals surface area contributed by atoms with Gasteiger partial charge in [-0.2, -0.15) is 0 Å². The lowest BCUT2D eigenvalue weighted by Gasteiger charge is -2.26. The van der Waals surface area contributed by atoms with Crippen LogP contribution in [0, 0.1) is 0 Å². The van der Waals surface area contributed by atoms with Gasteiger partial charge in [0.15, 0.2) is 5.03 Å². The Morgan fingerprint density at radius 1 is 1.47 bits per heavy atom. The second-order valence-corrected chi connectivity index (χ2v) is 6.09. The van der Waals surface area contributed by atoms with Crippen LogP contribution in [0.3, 0.4) is 0 Å². The Morgan fingerprint density at radius 3 is 2.47 bits per heavy atom. The Morgan fingerprint density at radius 2 is 2.06 bits per heavy atom. The molecule has 5 nitrogen and oxygen atoms in total. The van der Waals surface area contributed by atoms with Gasteiger partial charge >= 0.3 is 0 Å². The van der Waals surface area contributed by atoms with E-state index in [1.54, 1.807) is 6.92 Å². The third-order valence-electron chi connectivity index (χ3n) is 2.43. The maximum atomic E-state index is 11.9. The van der Waals surface area contributed by atoms with Gasteiger partial charge in [-0.3, -0.25) is 0 Å². The largest absolute Gasteiger partial charge is 0.389 e. The lowest BCUT2D eigenvalue weighted by molar-refractivity contribution is 0.0523. The fraction of sp³-hybridized carbons (Fsp3) is 0.500. The van der Waals surface area contributed by atoms with Gasteiger partial charge < -0.3 is 5.11 Å². The fourth-order valence-electron chi connectivity index (χ4n) is 0.988. The molecule has 1 aromatic heterocycles. The molecule has 1 aromatic rings. The average molecular weight is 254 g/mol. The Hall–Kier alpha value is -0.915. The van der Waals surface area contributed by atoms with E-state index in [4.69, 9.17) is 7.85 Å². The van der Waals surface area contributed by atoms with Crippen LogP contribution in [0.25, 0.3) is 0 Å². The molecular weight excluding hydrogens is 239 g/mol. The molecule has 1 rings (SSSR count). The van der Waals surface area contributed by atoms with Crippen molar-refractivity contribution in [2.45, 2.75) is 37.4 Å². The van der Waals surface area contributed by atoms with Crippen LogP contribution >= 0.6 is 0 Å². The van der Waals surface area contributed by atoms with Crippen LogP contribution in [0.5, 0.6) is 0 Å². The number of rotatable bonds is 4. The monoisotopic (exact) mass is 254 g/mol. The summed E-state index contributed by atoms with van der Waals surface area (Å²) in [5.74, 6) is 0. The van der Waals surface area contributed by atoms with Crippen molar-refractivity contribution in [1.82, 2.24) is 9.71 Å². The van der Waals surface area contributed by atoms with Crippen LogP contribution in [0.15, 0.2) is 23.4 Å². The van der Waals surface area contributed by atoms with Crippen molar-refractivity contribution in [2.24, 2.45) is 0 Å². The molecule has 2 radical (unpaired) electrons. The molecular formula is C10H15BN2O3S. The van der Waals surface area contributed by atoms with Crippen molar-refractivity contribution in [3.63, 3.8) is 0 Å². The van der Waals surface area contributed by atoms with Crippen molar-refractivity contribution >= 4 is 23.3 Å². The van der Waals surface area contributed by atoms with E-state index in [0.717, 1.165) is 0 Å². The molecule has 0 amide bonds. The number of aromatic nitrogens is 1. The van der Waals surface area contributed by atoms with Gasteiger partial charge in [0.1, 0.15) is 7.85 Å². The van der Waals surface area contributed by atoms with E-state index in [2.05, 4.69) is 9.71 Å². The Balaban J connectivity index is 2.94. The van der Waals surface area contributed by atoms with Crippen molar-refractivity contribution in [3.05, 3.63) is 18.3 Å². The molecule has 0 aliphatic heterocycles. The first-order valence-electron chi connectivity index (χ1n) is 5.09. The first-order valence-corrected chi connectivity index (χ1v) is 6.57. The smallest absolute Gasteiger partial charge is 0.258 e. The topological polar surface area (TPSA) is 79.3 Å². The number of sulfonamides is 1. The maximum Gasteiger partial charge on any atom is 0.258 e. The first-order chi connectivity index (χ1) is 7.63. The SMILES string of the molecule is [B]c1ccc(S(=O)(=O)NC(C)C(C)(C)O)nc1. The summed E-state index contributed by atoms with van der Waals surface area (Å²) in [6.07, 6.45) is 1.27. The zero-order valence-electron chi connectivity index (χ0n) is 10.0. The van der Waals surface area contributed by atoms with E-state index >= 15 is 0 Å². The number of pyridine rings is 1. The number of nitrogens with one attached hydrogen (secondary N) is 1. The Kier molecular flexibility index (Phi) is 3.96. The first kappa shape index (κ1) is 14.1. The zero-order chi connectivity index (χ0) is 13.3. The van der Waals surface area contributed by atoms with Crippen LogP contribution in [0.2, 0.25) is 0 Å². The lowest BCUT2D eigenvalue weighted by atomic mass is 9.99. The molecule has 1 heterocycles. The van der Waals surface area contributed by atoms with Crippen molar-refractivity contribution < 1.29 is 13.5 Å². The van der Waals surface area contributed by atoms with Crippen molar-refractivity contribution in [1.29, 1.82) is 0 Å². The van der Waals surface area contributed by atoms with Crippen LogP contribution in [-0.4, -0.2) is 38.0 Å². The van der Waals surface area contributed by atoms with E-state index in [1.165, 1.54) is 32.2 Å². The highest BCUT2D eigenvalue weighted by molar-refractivity contribution is 7.89. The minimum Gasteiger partial charge on any atom is -0.389 e. The van der Waals surface area contributed by atoms with Gasteiger partial charge in [-0.1, -0.05) is 11.5 Å². The van der Waals surface area contributed by atoms with Gasteiger partial charge in [0, 0.05) is 12.2 Å². The highest BCUT2D eigenvalue weighted by Crippen LogP contribution is 2.11. The molecule has 1 unspecified atom stereocenters. The summed E-state index contributed by atoms with van der Waals surface area (Å²) >= 11 is 0. The predicted molar refractivity (Wildman–Crippen MR) is 65.7 cm³/mol. The molecule has 0 aliphatic rings. The normalized spacial score (nSPS) is 14.6. The van der Waals surface area contributed by atoms with E-state index in [-0.39, 0.29) is 5.03 Å². The molecule has 92 valence electrons. The molecule has 0 aromatic carbocycles. The summed E-state index contributed by atoms with van der Waals surface area (Å²) in [6, 6.07) is 2.14. The predicted octanol–water partition coefficient (Wildman–Crippen LogP) is -0.687. The summed E-state index contributed by atoms with van der Waals surface area (Å²) in [6.45, 7) is 4.63. The summed E-state index contributed by atoms with van der Waals surface area (Å²) in [5.41, 5.74) is -0.763. The Labute approximate surface area is 103 Å². The van der Waals surface area contributed by atoms with Crippen LogP contribution in [0.4, 0.5) is 0 Å². The average Bonchev–Trinajstić information content (AvgIpc) is 2.16. The Bertz CT molecular complexity index is 479. The van der Waals surface area contributed by atoms with Gasteiger partial charge in [-0.05, 0) is 26.8 Å². The standard InChI is InChI=1S/C10H15BN2O3S/c1-7(10(2,3)14)13-17(15,16)9-5-4-8(11)6-12-9/h4-7,13-14H,1-3H3. The van der Waals surface area contributed by atoms with Crippen molar-refractivity contribution in [2.75, 3.05) is 0 Å². The summed E-state index contributed by atoms with van der Waals surface area (Å²) in [7, 11) is 1.69. The molecule has 0 saturated heterocycles. The summed E-state index contributed by atoms with van der Waals surface area (Å²) < 4.78 is 26.1. The fourth-order valence-corrected chi connectivity index (χ4v) is 2.30. The third kappa shape index (κ3) is 3.80. The molecule has 0 bridgehead atoms. The van der Waals surface area contributed by atoms with Crippen LogP contribution in [-0.2, 0) is 10.0 Å². The van der Waals surface area contributed by atoms with Gasteiger partial charge in [-0.25, -0.2) is 18.1 Å². The van der Waals surface area contributed by atoms with E-state index in [0.29, 0.717) is 5.46 Å². The van der Waals surface area contributed by atoms with Gasteiger partial charge in [0.2, 0.25) is 0 Å². The molecule has 0 saturated carbocycles. The van der Waals surface area contributed by atoms with Gasteiger partial charge in [-0.15, -0.1) is 0 Å². The number of hydrogen-bond acceptors (Lipinski definition) is 4. The van der Waals surface area contributed by atoms with Gasteiger partial charge in [0.05, 0.1) is 5.60 Å². The molecule has 0 spiro atoms. The summed E-state index contributed by atoms with van der Waals surface area (Å²) in [5, 5.41) is 9.55. The highest BCUT2D eigenvalue weighted by atomic mass is 32.2. The zero-order valence-corrected chi connectivity index (χ0v) is 10.8. The number of nitrogens with zero attached hydrogens (tertiary/aromatic N) is 1. The number of hydrogen-bond donors (Lipinski definition) is 2. The van der Waals surface area contributed by atoms with E-state index in [9.17, 15) is 13.5 Å². The highest BCUT2D eigenvalue weighted by Gasteiger charge is 2.28. The summed E-state index contributed by atoms with van der Waals surface area (Å²) in [4.78, 5) is 3.73. The molecule has 7 heteroatoms. The minimum absolute atomic E-state index is 0.122.